The van der Waals surface area contributed by atoms with Crippen LogP contribution in [0.4, 0.5) is 0 Å². The number of benzene rings is 1. The fourth-order valence-electron chi connectivity index (χ4n) is 6.34. The lowest BCUT2D eigenvalue weighted by Gasteiger charge is -2.41. The molecule has 6 unspecified atom stereocenters. The predicted molar refractivity (Wildman–Crippen MR) is 145 cm³/mol. The number of unbranched alkanes of at least 4 members (excludes halogenated alkanes) is 6. The van der Waals surface area contributed by atoms with E-state index in [1.165, 1.54) is 44.2 Å². The monoisotopic (exact) mass is 558 g/mol. The molecule has 40 heavy (non-hydrogen) atoms. The Morgan fingerprint density at radius 3 is 2.65 bits per heavy atom. The lowest BCUT2D eigenvalue weighted by Crippen LogP contribution is -2.48. The first kappa shape index (κ1) is 28.9. The Kier molecular flexibility index (Phi) is 9.65. The van der Waals surface area contributed by atoms with E-state index in [2.05, 4.69) is 12.1 Å². The minimum absolute atomic E-state index is 0.308. The van der Waals surface area contributed by atoms with E-state index >= 15 is 0 Å². The van der Waals surface area contributed by atoms with Crippen molar-refractivity contribution < 1.29 is 43.1 Å². The molecule has 9 nitrogen and oxygen atoms in total. The van der Waals surface area contributed by atoms with Crippen LogP contribution < -0.4 is 9.47 Å². The molecular weight excluding hydrogens is 516 g/mol. The molecule has 0 saturated carbocycles. The van der Waals surface area contributed by atoms with Gasteiger partial charge in [-0.1, -0.05) is 44.6 Å². The van der Waals surface area contributed by atoms with Crippen molar-refractivity contribution >= 4 is 11.9 Å². The second kappa shape index (κ2) is 13.4. The molecule has 6 atom stereocenters. The molecule has 5 rings (SSSR count). The largest absolute Gasteiger partial charge is 0.462 e. The SMILES string of the molecule is CC(=O)OC1CC(CC(O)CCCCCCCCCc2ccc3c(c2)OCO3)OC2(C1)CC1OC(=O)C=CC1O2. The van der Waals surface area contributed by atoms with Crippen molar-refractivity contribution in [2.45, 2.75) is 127 Å². The Morgan fingerprint density at radius 2 is 1.82 bits per heavy atom. The van der Waals surface area contributed by atoms with Crippen LogP contribution in [0.15, 0.2) is 30.4 Å². The first-order chi connectivity index (χ1) is 19.4. The molecule has 4 aliphatic heterocycles. The highest BCUT2D eigenvalue weighted by molar-refractivity contribution is 5.83. The predicted octanol–water partition coefficient (Wildman–Crippen LogP) is 4.91. The van der Waals surface area contributed by atoms with Crippen molar-refractivity contribution in [1.82, 2.24) is 0 Å². The normalized spacial score (nSPS) is 29.3. The summed E-state index contributed by atoms with van der Waals surface area (Å²) in [5.41, 5.74) is 1.29. The summed E-state index contributed by atoms with van der Waals surface area (Å²) in [6.45, 7) is 1.71. The summed E-state index contributed by atoms with van der Waals surface area (Å²) >= 11 is 0. The first-order valence-electron chi connectivity index (χ1n) is 14.9. The molecule has 0 amide bonds. The van der Waals surface area contributed by atoms with Crippen LogP contribution in [0.3, 0.4) is 0 Å². The van der Waals surface area contributed by atoms with Crippen LogP contribution in [0.2, 0.25) is 0 Å². The molecule has 0 aliphatic carbocycles. The topological polar surface area (TPSA) is 110 Å². The van der Waals surface area contributed by atoms with E-state index in [4.69, 9.17) is 28.4 Å². The molecule has 0 aromatic heterocycles. The minimum atomic E-state index is -0.990. The van der Waals surface area contributed by atoms with Gasteiger partial charge in [0.25, 0.3) is 0 Å². The lowest BCUT2D eigenvalue weighted by atomic mass is 9.91. The molecule has 2 fully saturated rings. The lowest BCUT2D eigenvalue weighted by molar-refractivity contribution is -0.286. The summed E-state index contributed by atoms with van der Waals surface area (Å²) in [6, 6.07) is 6.20. The molecule has 1 aromatic rings. The maximum atomic E-state index is 11.7. The average Bonchev–Trinajstić information content (AvgIpc) is 3.50. The number of esters is 2. The number of carbonyl (C=O) groups is 2. The number of carbonyl (C=O) groups excluding carboxylic acids is 2. The van der Waals surface area contributed by atoms with E-state index in [1.54, 1.807) is 6.08 Å². The minimum Gasteiger partial charge on any atom is -0.462 e. The Hall–Kier alpha value is -2.62. The van der Waals surface area contributed by atoms with Gasteiger partial charge in [0.1, 0.15) is 18.3 Å². The number of ether oxygens (including phenoxy) is 6. The first-order valence-corrected chi connectivity index (χ1v) is 14.9. The third-order valence-electron chi connectivity index (χ3n) is 8.17. The molecule has 2 saturated heterocycles. The van der Waals surface area contributed by atoms with Gasteiger partial charge in [-0.05, 0) is 49.5 Å². The van der Waals surface area contributed by atoms with Crippen molar-refractivity contribution in [3.63, 3.8) is 0 Å². The molecule has 1 spiro atoms. The van der Waals surface area contributed by atoms with Gasteiger partial charge in [-0.2, -0.15) is 0 Å². The zero-order chi connectivity index (χ0) is 28.0. The van der Waals surface area contributed by atoms with Gasteiger partial charge in [0.2, 0.25) is 6.79 Å². The summed E-state index contributed by atoms with van der Waals surface area (Å²) in [4.78, 5) is 23.4. The van der Waals surface area contributed by atoms with Gasteiger partial charge >= 0.3 is 11.9 Å². The highest BCUT2D eigenvalue weighted by Gasteiger charge is 2.54. The average molecular weight is 559 g/mol. The van der Waals surface area contributed by atoms with Gasteiger partial charge in [-0.25, -0.2) is 4.79 Å². The van der Waals surface area contributed by atoms with E-state index in [-0.39, 0.29) is 30.3 Å². The molecule has 4 heterocycles. The van der Waals surface area contributed by atoms with Gasteiger partial charge < -0.3 is 33.5 Å². The zero-order valence-electron chi connectivity index (χ0n) is 23.4. The summed E-state index contributed by atoms with van der Waals surface area (Å²) in [6.07, 6.45) is 12.6. The summed E-state index contributed by atoms with van der Waals surface area (Å²) in [5, 5.41) is 10.8. The van der Waals surface area contributed by atoms with Crippen LogP contribution in [-0.4, -0.2) is 60.1 Å². The van der Waals surface area contributed by atoms with Crippen molar-refractivity contribution in [3.05, 3.63) is 35.9 Å². The van der Waals surface area contributed by atoms with E-state index in [0.717, 1.165) is 37.2 Å². The molecule has 0 bridgehead atoms. The van der Waals surface area contributed by atoms with E-state index in [9.17, 15) is 14.7 Å². The van der Waals surface area contributed by atoms with Crippen molar-refractivity contribution in [1.29, 1.82) is 0 Å². The standard InChI is InChI=1S/C31H42O9/c1-21(32)37-25-17-24(39-31(18-25)19-29-27(40-31)13-14-30(34)38-29)16-23(33)10-8-6-4-2-3-5-7-9-22-11-12-26-28(15-22)36-20-35-26/h11-15,23-25,27,29,33H,2-10,16-20H2,1H3. The summed E-state index contributed by atoms with van der Waals surface area (Å²) in [5.74, 6) is -0.0382. The number of aryl methyl sites for hydroxylation is 1. The second-order valence-corrected chi connectivity index (χ2v) is 11.5. The Balaban J connectivity index is 0.970. The van der Waals surface area contributed by atoms with Crippen LogP contribution in [0.5, 0.6) is 11.5 Å². The molecule has 1 N–H and O–H groups in total. The maximum Gasteiger partial charge on any atom is 0.330 e. The zero-order valence-corrected chi connectivity index (χ0v) is 23.4. The van der Waals surface area contributed by atoms with Crippen LogP contribution in [0.25, 0.3) is 0 Å². The number of rotatable bonds is 13. The van der Waals surface area contributed by atoms with E-state index < -0.39 is 18.0 Å². The molecular formula is C31H42O9. The Bertz CT molecular complexity index is 1060. The molecule has 4 aliphatic rings. The molecule has 0 radical (unpaired) electrons. The summed E-state index contributed by atoms with van der Waals surface area (Å²) < 4.78 is 34.3. The molecule has 220 valence electrons. The fourth-order valence-corrected chi connectivity index (χ4v) is 6.34. The Morgan fingerprint density at radius 1 is 1.05 bits per heavy atom. The van der Waals surface area contributed by atoms with Gasteiger partial charge in [0.15, 0.2) is 17.3 Å². The number of hydrogen-bond donors (Lipinski definition) is 1. The molecule has 9 heteroatoms. The number of hydrogen-bond acceptors (Lipinski definition) is 9. The quantitative estimate of drug-likeness (QED) is 0.267. The van der Waals surface area contributed by atoms with Gasteiger partial charge in [-0.15, -0.1) is 0 Å². The summed E-state index contributed by atoms with van der Waals surface area (Å²) in [7, 11) is 0. The van der Waals surface area contributed by atoms with Crippen molar-refractivity contribution in [3.8, 4) is 11.5 Å². The van der Waals surface area contributed by atoms with Crippen LogP contribution >= 0.6 is 0 Å². The fraction of sp³-hybridized carbons (Fsp3) is 0.677. The maximum absolute atomic E-state index is 11.7. The third kappa shape index (κ3) is 7.77. The number of aliphatic hydroxyl groups is 1. The smallest absolute Gasteiger partial charge is 0.330 e. The van der Waals surface area contributed by atoms with Crippen LogP contribution in [-0.2, 0) is 35.0 Å². The van der Waals surface area contributed by atoms with Crippen molar-refractivity contribution in [2.24, 2.45) is 0 Å². The highest BCUT2D eigenvalue weighted by Crippen LogP contribution is 2.44. The second-order valence-electron chi connectivity index (χ2n) is 11.5. The third-order valence-corrected chi connectivity index (χ3v) is 8.17. The number of fused-ring (bicyclic) bond motifs is 2. The molecule has 1 aromatic carbocycles. The van der Waals surface area contributed by atoms with Gasteiger partial charge in [0.05, 0.1) is 12.2 Å². The highest BCUT2D eigenvalue weighted by atomic mass is 16.7. The van der Waals surface area contributed by atoms with Crippen molar-refractivity contribution in [2.75, 3.05) is 6.79 Å². The van der Waals surface area contributed by atoms with Gasteiger partial charge in [-0.3, -0.25) is 4.79 Å². The number of aliphatic hydroxyl groups excluding tert-OH is 1. The Labute approximate surface area is 236 Å². The van der Waals surface area contributed by atoms with Crippen LogP contribution in [0, 0.1) is 0 Å². The van der Waals surface area contributed by atoms with E-state index in [0.29, 0.717) is 38.9 Å². The van der Waals surface area contributed by atoms with Gasteiger partial charge in [0, 0.05) is 32.3 Å². The van der Waals surface area contributed by atoms with E-state index in [1.807, 2.05) is 6.07 Å². The van der Waals surface area contributed by atoms with Crippen LogP contribution in [0.1, 0.15) is 89.5 Å².